The molecule has 1 aliphatic rings. The van der Waals surface area contributed by atoms with Crippen molar-refractivity contribution < 1.29 is 0 Å². The Kier molecular flexibility index (Phi) is 1.75. The van der Waals surface area contributed by atoms with E-state index in [2.05, 4.69) is 18.0 Å². The summed E-state index contributed by atoms with van der Waals surface area (Å²) in [5.41, 5.74) is 8.51. The van der Waals surface area contributed by atoms with Crippen molar-refractivity contribution in [2.45, 2.75) is 32.1 Å². The lowest BCUT2D eigenvalue weighted by Crippen LogP contribution is -1.97. The second kappa shape index (κ2) is 2.77. The number of fused-ring (bicyclic) bond motifs is 1. The lowest BCUT2D eigenvalue weighted by molar-refractivity contribution is 0.656. The Morgan fingerprint density at radius 3 is 3.25 bits per heavy atom. The molecule has 0 bridgehead atoms. The van der Waals surface area contributed by atoms with E-state index in [1.54, 1.807) is 0 Å². The van der Waals surface area contributed by atoms with E-state index in [1.165, 1.54) is 24.0 Å². The zero-order valence-corrected chi connectivity index (χ0v) is 7.38. The summed E-state index contributed by atoms with van der Waals surface area (Å²) >= 11 is 0. The molecule has 0 radical (unpaired) electrons. The number of nitrogen functional groups attached to an aromatic ring is 1. The van der Waals surface area contributed by atoms with Crippen molar-refractivity contribution in [3.05, 3.63) is 23.4 Å². The van der Waals surface area contributed by atoms with Gasteiger partial charge in [0.25, 0.3) is 0 Å². The molecular weight excluding hydrogens is 148 g/mol. The van der Waals surface area contributed by atoms with Gasteiger partial charge in [-0.3, -0.25) is 0 Å². The molecule has 0 aromatic carbocycles. The summed E-state index contributed by atoms with van der Waals surface area (Å²) in [6.07, 6.45) is 5.41. The van der Waals surface area contributed by atoms with Crippen molar-refractivity contribution in [1.29, 1.82) is 0 Å². The predicted molar refractivity (Wildman–Crippen MR) is 50.0 cm³/mol. The maximum Gasteiger partial charge on any atom is 0.126 e. The Morgan fingerprint density at radius 2 is 2.50 bits per heavy atom. The summed E-state index contributed by atoms with van der Waals surface area (Å²) in [5, 5.41) is 0. The Bertz CT molecular complexity index is 294. The summed E-state index contributed by atoms with van der Waals surface area (Å²) in [6.45, 7) is 2.23. The summed E-state index contributed by atoms with van der Waals surface area (Å²) in [6, 6.07) is 2.12. The minimum absolute atomic E-state index is 0.727. The van der Waals surface area contributed by atoms with Crippen molar-refractivity contribution in [3.8, 4) is 0 Å². The van der Waals surface area contributed by atoms with Gasteiger partial charge in [-0.15, -0.1) is 0 Å². The van der Waals surface area contributed by atoms with Gasteiger partial charge < -0.3 is 5.73 Å². The van der Waals surface area contributed by atoms with Crippen LogP contribution < -0.4 is 5.73 Å². The van der Waals surface area contributed by atoms with Gasteiger partial charge in [0.05, 0.1) is 0 Å². The molecule has 0 amide bonds. The van der Waals surface area contributed by atoms with Crippen LogP contribution in [0.3, 0.4) is 0 Å². The van der Waals surface area contributed by atoms with Crippen LogP contribution in [-0.4, -0.2) is 4.98 Å². The summed E-state index contributed by atoms with van der Waals surface area (Å²) in [7, 11) is 0. The molecule has 0 saturated heterocycles. The van der Waals surface area contributed by atoms with Crippen LogP contribution in [0.1, 0.15) is 36.8 Å². The molecule has 2 nitrogen and oxygen atoms in total. The molecule has 1 aliphatic carbocycles. The lowest BCUT2D eigenvalue weighted by atomic mass is 10.00. The molecule has 0 fully saturated rings. The van der Waals surface area contributed by atoms with Crippen molar-refractivity contribution in [2.24, 2.45) is 0 Å². The molecule has 1 aromatic heterocycles. The molecule has 12 heavy (non-hydrogen) atoms. The van der Waals surface area contributed by atoms with Gasteiger partial charge in [0.2, 0.25) is 0 Å². The smallest absolute Gasteiger partial charge is 0.126 e. The van der Waals surface area contributed by atoms with E-state index in [0.717, 1.165) is 18.2 Å². The summed E-state index contributed by atoms with van der Waals surface area (Å²) in [5.74, 6) is 1.47. The van der Waals surface area contributed by atoms with Crippen LogP contribution in [0.15, 0.2) is 12.3 Å². The van der Waals surface area contributed by atoms with Gasteiger partial charge in [-0.25, -0.2) is 4.98 Å². The summed E-state index contributed by atoms with van der Waals surface area (Å²) in [4.78, 5) is 4.10. The molecule has 1 unspecified atom stereocenters. The van der Waals surface area contributed by atoms with Crippen LogP contribution >= 0.6 is 0 Å². The first-order chi connectivity index (χ1) is 5.83. The third-order valence-electron chi connectivity index (χ3n) is 2.80. The third kappa shape index (κ3) is 0.986. The van der Waals surface area contributed by atoms with Gasteiger partial charge in [0.15, 0.2) is 0 Å². The van der Waals surface area contributed by atoms with Crippen LogP contribution in [0, 0.1) is 0 Å². The van der Waals surface area contributed by atoms with E-state index >= 15 is 0 Å². The number of rotatable bonds is 1. The highest BCUT2D eigenvalue weighted by atomic mass is 14.8. The van der Waals surface area contributed by atoms with E-state index in [9.17, 15) is 0 Å². The maximum atomic E-state index is 5.78. The highest BCUT2D eigenvalue weighted by molar-refractivity contribution is 5.48. The molecule has 64 valence electrons. The van der Waals surface area contributed by atoms with Crippen molar-refractivity contribution in [3.63, 3.8) is 0 Å². The predicted octanol–water partition coefficient (Wildman–Crippen LogP) is 2.10. The van der Waals surface area contributed by atoms with Gasteiger partial charge in [0.1, 0.15) is 5.82 Å². The number of aromatic nitrogens is 1. The van der Waals surface area contributed by atoms with Crippen LogP contribution in [-0.2, 0) is 6.42 Å². The first-order valence-electron chi connectivity index (χ1n) is 4.56. The average Bonchev–Trinajstić information content (AvgIpc) is 2.49. The van der Waals surface area contributed by atoms with Crippen molar-refractivity contribution >= 4 is 5.82 Å². The first kappa shape index (κ1) is 7.59. The van der Waals surface area contributed by atoms with Gasteiger partial charge >= 0.3 is 0 Å². The SMILES string of the molecule is CCC1CCc2c1ccnc2N. The van der Waals surface area contributed by atoms with E-state index in [1.807, 2.05) is 6.20 Å². The third-order valence-corrected chi connectivity index (χ3v) is 2.80. The fraction of sp³-hybridized carbons (Fsp3) is 0.500. The second-order valence-corrected chi connectivity index (χ2v) is 3.41. The van der Waals surface area contributed by atoms with Crippen LogP contribution in [0.25, 0.3) is 0 Å². The molecule has 1 aromatic rings. The highest BCUT2D eigenvalue weighted by Gasteiger charge is 2.22. The average molecular weight is 162 g/mol. The molecule has 0 spiro atoms. The Morgan fingerprint density at radius 1 is 1.67 bits per heavy atom. The molecule has 2 N–H and O–H groups in total. The standard InChI is InChI=1S/C10H14N2/c1-2-7-3-4-9-8(7)5-6-12-10(9)11/h5-7H,2-4H2,1H3,(H2,11,12). The number of pyridine rings is 1. The van der Waals surface area contributed by atoms with E-state index in [4.69, 9.17) is 5.73 Å². The van der Waals surface area contributed by atoms with Gasteiger partial charge in [-0.05, 0) is 42.4 Å². The maximum absolute atomic E-state index is 5.78. The Hall–Kier alpha value is -1.05. The second-order valence-electron chi connectivity index (χ2n) is 3.41. The monoisotopic (exact) mass is 162 g/mol. The van der Waals surface area contributed by atoms with Crippen LogP contribution in [0.4, 0.5) is 5.82 Å². The molecule has 0 saturated carbocycles. The normalized spacial score (nSPS) is 20.9. The highest BCUT2D eigenvalue weighted by Crippen LogP contribution is 2.36. The Labute approximate surface area is 72.8 Å². The van der Waals surface area contributed by atoms with Gasteiger partial charge in [-0.1, -0.05) is 6.92 Å². The number of nitrogens with two attached hydrogens (primary N) is 1. The van der Waals surface area contributed by atoms with Crippen LogP contribution in [0.5, 0.6) is 0 Å². The zero-order valence-electron chi connectivity index (χ0n) is 7.38. The number of anilines is 1. The number of nitrogens with zero attached hydrogens (tertiary/aromatic N) is 1. The molecular formula is C10H14N2. The van der Waals surface area contributed by atoms with Crippen molar-refractivity contribution in [1.82, 2.24) is 4.98 Å². The quantitative estimate of drug-likeness (QED) is 0.686. The lowest BCUT2D eigenvalue weighted by Gasteiger charge is -2.07. The molecule has 2 rings (SSSR count). The fourth-order valence-corrected chi connectivity index (χ4v) is 2.08. The van der Waals surface area contributed by atoms with E-state index in [0.29, 0.717) is 0 Å². The minimum Gasteiger partial charge on any atom is -0.383 e. The van der Waals surface area contributed by atoms with E-state index in [-0.39, 0.29) is 0 Å². The van der Waals surface area contributed by atoms with Gasteiger partial charge in [0, 0.05) is 6.20 Å². The van der Waals surface area contributed by atoms with Crippen molar-refractivity contribution in [2.75, 3.05) is 5.73 Å². The van der Waals surface area contributed by atoms with Gasteiger partial charge in [-0.2, -0.15) is 0 Å². The van der Waals surface area contributed by atoms with Crippen LogP contribution in [0.2, 0.25) is 0 Å². The number of hydrogen-bond acceptors (Lipinski definition) is 2. The molecule has 1 heterocycles. The Balaban J connectivity index is 2.46. The fourth-order valence-electron chi connectivity index (χ4n) is 2.08. The van der Waals surface area contributed by atoms with E-state index < -0.39 is 0 Å². The minimum atomic E-state index is 0.727. The largest absolute Gasteiger partial charge is 0.383 e. The summed E-state index contributed by atoms with van der Waals surface area (Å²) < 4.78 is 0. The number of hydrogen-bond donors (Lipinski definition) is 1. The molecule has 1 atom stereocenters. The molecule has 2 heteroatoms. The topological polar surface area (TPSA) is 38.9 Å². The molecule has 0 aliphatic heterocycles. The first-order valence-corrected chi connectivity index (χ1v) is 4.56. The zero-order chi connectivity index (χ0) is 8.55.